The van der Waals surface area contributed by atoms with Crippen LogP contribution in [0, 0.1) is 6.92 Å². The van der Waals surface area contributed by atoms with Crippen LogP contribution in [0.25, 0.3) is 0 Å². The second kappa shape index (κ2) is 8.23. The molecule has 0 saturated carbocycles. The van der Waals surface area contributed by atoms with Gasteiger partial charge in [-0.1, -0.05) is 36.4 Å². The van der Waals surface area contributed by atoms with Gasteiger partial charge in [-0.3, -0.25) is 4.79 Å². The van der Waals surface area contributed by atoms with Crippen molar-refractivity contribution in [3.63, 3.8) is 0 Å². The Morgan fingerprint density at radius 3 is 2.62 bits per heavy atom. The molecule has 1 unspecified atom stereocenters. The largest absolute Gasteiger partial charge is 0.493 e. The lowest BCUT2D eigenvalue weighted by Gasteiger charge is -2.40. The fourth-order valence-electron chi connectivity index (χ4n) is 3.29. The number of nitrogens with zero attached hydrogens (tertiary/aromatic N) is 2. The van der Waals surface area contributed by atoms with Gasteiger partial charge in [-0.25, -0.2) is 0 Å². The number of hydrogen-bond donors (Lipinski definition) is 0. The summed E-state index contributed by atoms with van der Waals surface area (Å²) < 4.78 is 11.1. The van der Waals surface area contributed by atoms with Crippen LogP contribution in [0.1, 0.15) is 17.2 Å². The van der Waals surface area contributed by atoms with Crippen LogP contribution < -0.4 is 9.47 Å². The van der Waals surface area contributed by atoms with E-state index in [1.807, 2.05) is 48.2 Å². The number of hydrogen-bond acceptors (Lipinski definition) is 4. The minimum Gasteiger partial charge on any atom is -0.493 e. The van der Waals surface area contributed by atoms with Gasteiger partial charge in [0.2, 0.25) is 0 Å². The number of piperazine rings is 1. The van der Waals surface area contributed by atoms with Gasteiger partial charge >= 0.3 is 0 Å². The molecule has 1 heterocycles. The summed E-state index contributed by atoms with van der Waals surface area (Å²) in [5, 5.41) is 0. The smallest absolute Gasteiger partial charge is 0.261 e. The summed E-state index contributed by atoms with van der Waals surface area (Å²) in [4.78, 5) is 17.1. The van der Waals surface area contributed by atoms with Crippen LogP contribution in [0.4, 0.5) is 0 Å². The second-order valence-corrected chi connectivity index (χ2v) is 6.72. The van der Waals surface area contributed by atoms with Gasteiger partial charge in [-0.15, -0.1) is 0 Å². The van der Waals surface area contributed by atoms with Gasteiger partial charge in [-0.05, 0) is 37.2 Å². The summed E-state index contributed by atoms with van der Waals surface area (Å²) in [5.74, 6) is 1.24. The summed E-state index contributed by atoms with van der Waals surface area (Å²) >= 11 is 0. The normalized spacial score (nSPS) is 17.8. The highest BCUT2D eigenvalue weighted by atomic mass is 16.5. The maximum atomic E-state index is 12.9. The molecule has 0 N–H and O–H groups in total. The molecular formula is C21H26N2O3. The van der Waals surface area contributed by atoms with E-state index in [0.717, 1.165) is 24.2 Å². The summed E-state index contributed by atoms with van der Waals surface area (Å²) in [6.07, 6.45) is 0. The van der Waals surface area contributed by atoms with Crippen LogP contribution in [0.5, 0.6) is 11.5 Å². The van der Waals surface area contributed by atoms with Gasteiger partial charge in [0, 0.05) is 19.6 Å². The van der Waals surface area contributed by atoms with Crippen LogP contribution in [0.2, 0.25) is 0 Å². The number of benzene rings is 2. The summed E-state index contributed by atoms with van der Waals surface area (Å²) in [6.45, 7) is 4.38. The zero-order chi connectivity index (χ0) is 18.5. The maximum absolute atomic E-state index is 12.9. The molecule has 2 aromatic rings. The van der Waals surface area contributed by atoms with Gasteiger partial charge in [0.25, 0.3) is 5.91 Å². The van der Waals surface area contributed by atoms with E-state index in [1.54, 1.807) is 7.11 Å². The molecule has 5 heteroatoms. The first kappa shape index (κ1) is 18.3. The van der Waals surface area contributed by atoms with E-state index in [1.165, 1.54) is 0 Å². The Morgan fingerprint density at radius 1 is 1.12 bits per heavy atom. The summed E-state index contributed by atoms with van der Waals surface area (Å²) in [5.41, 5.74) is 2.24. The van der Waals surface area contributed by atoms with Crippen LogP contribution in [-0.4, -0.2) is 56.1 Å². The highest BCUT2D eigenvalue weighted by Crippen LogP contribution is 2.29. The molecule has 26 heavy (non-hydrogen) atoms. The first-order chi connectivity index (χ1) is 12.6. The van der Waals surface area contributed by atoms with Gasteiger partial charge in [-0.2, -0.15) is 0 Å². The monoisotopic (exact) mass is 354 g/mol. The number of aryl methyl sites for hydroxylation is 1. The minimum absolute atomic E-state index is 0.00502. The zero-order valence-corrected chi connectivity index (χ0v) is 15.6. The molecule has 0 aromatic heterocycles. The molecule has 2 aromatic carbocycles. The first-order valence-electron chi connectivity index (χ1n) is 8.89. The molecule has 138 valence electrons. The third-order valence-corrected chi connectivity index (χ3v) is 4.76. The molecule has 1 saturated heterocycles. The Kier molecular flexibility index (Phi) is 5.78. The lowest BCUT2D eigenvalue weighted by Crippen LogP contribution is -2.50. The van der Waals surface area contributed by atoms with E-state index >= 15 is 0 Å². The lowest BCUT2D eigenvalue weighted by atomic mass is 10.0. The number of methoxy groups -OCH3 is 1. The number of amides is 1. The average molecular weight is 354 g/mol. The molecule has 0 radical (unpaired) electrons. The van der Waals surface area contributed by atoms with Crippen molar-refractivity contribution in [2.45, 2.75) is 13.0 Å². The van der Waals surface area contributed by atoms with E-state index in [-0.39, 0.29) is 18.6 Å². The standard InChI is InChI=1S/C21H26N2O3/c1-16-9-10-19(20(13-16)25-3)26-15-21(24)23-12-11-22(2)14-18(23)17-7-5-4-6-8-17/h4-10,13,18H,11-12,14-15H2,1-3H3. The van der Waals surface area contributed by atoms with Crippen molar-refractivity contribution in [3.8, 4) is 11.5 Å². The van der Waals surface area contributed by atoms with Crippen molar-refractivity contribution in [2.75, 3.05) is 40.4 Å². The Balaban J connectivity index is 1.71. The van der Waals surface area contributed by atoms with Crippen LogP contribution in [0.3, 0.4) is 0 Å². The van der Waals surface area contributed by atoms with Crippen LogP contribution in [-0.2, 0) is 4.79 Å². The molecule has 1 aliphatic heterocycles. The molecule has 0 aliphatic carbocycles. The number of carbonyl (C=O) groups excluding carboxylic acids is 1. The second-order valence-electron chi connectivity index (χ2n) is 6.72. The van der Waals surface area contributed by atoms with E-state index < -0.39 is 0 Å². The molecule has 5 nitrogen and oxygen atoms in total. The van der Waals surface area contributed by atoms with Crippen molar-refractivity contribution in [2.24, 2.45) is 0 Å². The third kappa shape index (κ3) is 4.17. The predicted octanol–water partition coefficient (Wildman–Crippen LogP) is 2.90. The third-order valence-electron chi connectivity index (χ3n) is 4.76. The SMILES string of the molecule is COc1cc(C)ccc1OCC(=O)N1CCN(C)CC1c1ccccc1. The van der Waals surface area contributed by atoms with E-state index in [2.05, 4.69) is 24.1 Å². The molecular weight excluding hydrogens is 328 g/mol. The average Bonchev–Trinajstić information content (AvgIpc) is 2.67. The Labute approximate surface area is 155 Å². The molecule has 3 rings (SSSR count). The fraction of sp³-hybridized carbons (Fsp3) is 0.381. The van der Waals surface area contributed by atoms with Crippen molar-refractivity contribution in [3.05, 3.63) is 59.7 Å². The van der Waals surface area contributed by atoms with Crippen molar-refractivity contribution in [1.29, 1.82) is 0 Å². The molecule has 1 aliphatic rings. The van der Waals surface area contributed by atoms with E-state index in [9.17, 15) is 4.79 Å². The maximum Gasteiger partial charge on any atom is 0.261 e. The highest BCUT2D eigenvalue weighted by molar-refractivity contribution is 5.78. The van der Waals surface area contributed by atoms with Gasteiger partial charge in [0.15, 0.2) is 18.1 Å². The topological polar surface area (TPSA) is 42.0 Å². The molecule has 0 spiro atoms. The zero-order valence-electron chi connectivity index (χ0n) is 15.6. The Morgan fingerprint density at radius 2 is 1.88 bits per heavy atom. The Hall–Kier alpha value is -2.53. The number of ether oxygens (including phenoxy) is 2. The van der Waals surface area contributed by atoms with Gasteiger partial charge < -0.3 is 19.3 Å². The van der Waals surface area contributed by atoms with Gasteiger partial charge in [0.1, 0.15) is 0 Å². The quantitative estimate of drug-likeness (QED) is 0.828. The van der Waals surface area contributed by atoms with Gasteiger partial charge in [0.05, 0.1) is 13.2 Å². The fourth-order valence-corrected chi connectivity index (χ4v) is 3.29. The highest BCUT2D eigenvalue weighted by Gasteiger charge is 2.30. The predicted molar refractivity (Wildman–Crippen MR) is 102 cm³/mol. The van der Waals surface area contributed by atoms with E-state index in [0.29, 0.717) is 18.0 Å². The number of rotatable bonds is 5. The summed E-state index contributed by atoms with van der Waals surface area (Å²) in [6, 6.07) is 15.9. The minimum atomic E-state index is -0.00502. The van der Waals surface area contributed by atoms with Crippen molar-refractivity contribution < 1.29 is 14.3 Å². The van der Waals surface area contributed by atoms with Crippen molar-refractivity contribution in [1.82, 2.24) is 9.80 Å². The molecule has 1 amide bonds. The number of likely N-dealkylation sites (N-methyl/N-ethyl adjacent to an activating group) is 1. The molecule has 1 fully saturated rings. The summed E-state index contributed by atoms with van der Waals surface area (Å²) in [7, 11) is 3.70. The van der Waals surface area contributed by atoms with Crippen molar-refractivity contribution >= 4 is 5.91 Å². The van der Waals surface area contributed by atoms with Crippen LogP contribution >= 0.6 is 0 Å². The molecule has 1 atom stereocenters. The lowest BCUT2D eigenvalue weighted by molar-refractivity contribution is -0.138. The number of carbonyl (C=O) groups is 1. The Bertz CT molecular complexity index is 748. The molecule has 0 bridgehead atoms. The first-order valence-corrected chi connectivity index (χ1v) is 8.89. The van der Waals surface area contributed by atoms with E-state index in [4.69, 9.17) is 9.47 Å². The van der Waals surface area contributed by atoms with Crippen LogP contribution in [0.15, 0.2) is 48.5 Å².